The molecule has 3 aliphatic rings. The van der Waals surface area contributed by atoms with Crippen molar-refractivity contribution in [3.8, 4) is 22.5 Å². The Morgan fingerprint density at radius 2 is 1.47 bits per heavy atom. The van der Waals surface area contributed by atoms with Crippen LogP contribution in [0, 0.1) is 0 Å². The van der Waals surface area contributed by atoms with E-state index in [0.717, 1.165) is 56.9 Å². The van der Waals surface area contributed by atoms with Crippen molar-refractivity contribution in [1.29, 1.82) is 0 Å². The highest BCUT2D eigenvalue weighted by molar-refractivity contribution is 6.14. The lowest BCUT2D eigenvalue weighted by molar-refractivity contribution is 0.581. The molecule has 2 atom stereocenters. The summed E-state index contributed by atoms with van der Waals surface area (Å²) in [5, 5.41) is 3.17. The van der Waals surface area contributed by atoms with Crippen LogP contribution in [0.5, 0.6) is 0 Å². The molecule has 262 valence electrons. The van der Waals surface area contributed by atoms with E-state index in [1.165, 1.54) is 44.8 Å². The molecule has 0 saturated carbocycles. The lowest BCUT2D eigenvalue weighted by Gasteiger charge is -2.30. The van der Waals surface area contributed by atoms with Gasteiger partial charge in [0.15, 0.2) is 5.82 Å². The second-order valence-corrected chi connectivity index (χ2v) is 15.1. The average molecular weight is 708 g/mol. The Bertz CT molecular complexity index is 2950. The second kappa shape index (κ2) is 12.4. The molecule has 8 aromatic rings. The molecule has 2 unspecified atom stereocenters. The van der Waals surface area contributed by atoms with Gasteiger partial charge in [-0.15, -0.1) is 0 Å². The van der Waals surface area contributed by atoms with Crippen LogP contribution in [0.1, 0.15) is 36.6 Å². The molecule has 4 heteroatoms. The average Bonchev–Trinajstić information content (AvgIpc) is 3.79. The quantitative estimate of drug-likeness (QED) is 0.179. The maximum Gasteiger partial charge on any atom is 0.161 e. The zero-order chi connectivity index (χ0) is 36.5. The highest BCUT2D eigenvalue weighted by Crippen LogP contribution is 2.50. The first-order valence-corrected chi connectivity index (χ1v) is 19.1. The second-order valence-electron chi connectivity index (χ2n) is 15.1. The molecule has 1 aliphatic heterocycles. The van der Waals surface area contributed by atoms with Crippen LogP contribution in [0.15, 0.2) is 180 Å². The number of allylic oxidation sites excluding steroid dienone is 6. The molecule has 0 fully saturated rings. The molecular weight excluding hydrogens is 671 g/mol. The third kappa shape index (κ3) is 5.05. The van der Waals surface area contributed by atoms with Gasteiger partial charge in [-0.3, -0.25) is 0 Å². The summed E-state index contributed by atoms with van der Waals surface area (Å²) in [5.74, 6) is 0.700. The van der Waals surface area contributed by atoms with Gasteiger partial charge < -0.3 is 9.32 Å². The van der Waals surface area contributed by atoms with Crippen LogP contribution >= 0.6 is 0 Å². The van der Waals surface area contributed by atoms with Crippen LogP contribution in [0.4, 0.5) is 11.4 Å². The van der Waals surface area contributed by atoms with Gasteiger partial charge >= 0.3 is 0 Å². The smallest absolute Gasteiger partial charge is 0.161 e. The van der Waals surface area contributed by atoms with E-state index in [4.69, 9.17) is 14.4 Å². The number of anilines is 2. The Morgan fingerprint density at radius 3 is 2.33 bits per heavy atom. The third-order valence-electron chi connectivity index (χ3n) is 11.8. The summed E-state index contributed by atoms with van der Waals surface area (Å²) in [4.78, 5) is 13.3. The molecule has 6 aromatic carbocycles. The van der Waals surface area contributed by atoms with E-state index in [1.54, 1.807) is 0 Å². The molecule has 4 nitrogen and oxygen atoms in total. The Kier molecular flexibility index (Phi) is 7.15. The van der Waals surface area contributed by atoms with Gasteiger partial charge in [-0.25, -0.2) is 9.97 Å². The fraction of sp³-hybridized carbons (Fsp3) is 0.0980. The van der Waals surface area contributed by atoms with Gasteiger partial charge in [0.1, 0.15) is 11.2 Å². The van der Waals surface area contributed by atoms with E-state index < -0.39 is 0 Å². The minimum absolute atomic E-state index is 0.151. The Balaban J connectivity index is 1.11. The number of aromatic nitrogens is 2. The molecule has 0 saturated heterocycles. The first-order valence-electron chi connectivity index (χ1n) is 19.1. The van der Waals surface area contributed by atoms with Crippen LogP contribution in [0.3, 0.4) is 0 Å². The summed E-state index contributed by atoms with van der Waals surface area (Å²) in [5.41, 5.74) is 14.2. The molecule has 0 bridgehead atoms. The van der Waals surface area contributed by atoms with Crippen LogP contribution in [-0.4, -0.2) is 16.0 Å². The van der Waals surface area contributed by atoms with E-state index in [9.17, 15) is 0 Å². The van der Waals surface area contributed by atoms with Crippen molar-refractivity contribution in [2.45, 2.75) is 31.2 Å². The van der Waals surface area contributed by atoms with E-state index in [2.05, 4.69) is 188 Å². The highest BCUT2D eigenvalue weighted by Gasteiger charge is 2.37. The number of furan rings is 1. The topological polar surface area (TPSA) is 42.2 Å². The zero-order valence-electron chi connectivity index (χ0n) is 30.5. The molecule has 55 heavy (non-hydrogen) atoms. The van der Waals surface area contributed by atoms with Gasteiger partial charge in [0.2, 0.25) is 0 Å². The molecule has 3 heterocycles. The van der Waals surface area contributed by atoms with Gasteiger partial charge in [0.05, 0.1) is 17.3 Å². The summed E-state index contributed by atoms with van der Waals surface area (Å²) < 4.78 is 6.88. The third-order valence-corrected chi connectivity index (χ3v) is 11.8. The number of hydrogen-bond donors (Lipinski definition) is 0. The summed E-state index contributed by atoms with van der Waals surface area (Å²) >= 11 is 0. The van der Waals surface area contributed by atoms with Crippen molar-refractivity contribution in [3.05, 3.63) is 193 Å². The SMILES string of the molecule is CC1(c2cc(-c3ccccc3)cc3c2oc2cccc(-c4nc(C5=CC=C6c7ccccc7N(c7ccccc7)C6C5)c5ccccc5n4)c23)C=CC=CC1. The number of rotatable bonds is 5. The van der Waals surface area contributed by atoms with Crippen molar-refractivity contribution in [3.63, 3.8) is 0 Å². The maximum atomic E-state index is 6.88. The predicted molar refractivity (Wildman–Crippen MR) is 227 cm³/mol. The summed E-state index contributed by atoms with van der Waals surface area (Å²) in [6.45, 7) is 2.31. The molecule has 0 amide bonds. The standard InChI is InChI=1S/C51H37N3O/c1-51(28-13-4-14-29-51)42-31-35(33-16-5-2-6-17-33)30-41-47-40(22-15-25-46(47)55-49(41)42)50-52-43-23-11-9-21-39(43)48(53-50)34-26-27-38-37-20-10-12-24-44(37)54(45(38)32-34)36-18-7-3-8-19-36/h2-28,30-31,45H,29,32H2,1H3. The van der Waals surface area contributed by atoms with E-state index >= 15 is 0 Å². The number of nitrogens with zero attached hydrogens (tertiary/aromatic N) is 3. The number of benzene rings is 6. The fourth-order valence-corrected chi connectivity index (χ4v) is 9.07. The molecular formula is C51H37N3O. The molecule has 11 rings (SSSR count). The van der Waals surface area contributed by atoms with Gasteiger partial charge in [0.25, 0.3) is 0 Å². The van der Waals surface area contributed by atoms with Crippen molar-refractivity contribution in [1.82, 2.24) is 9.97 Å². The Hall–Kier alpha value is -6.78. The summed E-state index contributed by atoms with van der Waals surface area (Å²) in [7, 11) is 0. The van der Waals surface area contributed by atoms with Crippen LogP contribution in [0.2, 0.25) is 0 Å². The van der Waals surface area contributed by atoms with E-state index in [1.807, 2.05) is 0 Å². The minimum Gasteiger partial charge on any atom is -0.456 e. The Labute approximate surface area is 320 Å². The Morgan fingerprint density at radius 1 is 0.691 bits per heavy atom. The molecule has 0 N–H and O–H groups in total. The van der Waals surface area contributed by atoms with Gasteiger partial charge in [-0.1, -0.05) is 140 Å². The van der Waals surface area contributed by atoms with Crippen molar-refractivity contribution in [2.75, 3.05) is 4.90 Å². The first-order chi connectivity index (χ1) is 27.1. The van der Waals surface area contributed by atoms with E-state index in [0.29, 0.717) is 5.82 Å². The van der Waals surface area contributed by atoms with Crippen molar-refractivity contribution < 1.29 is 4.42 Å². The number of hydrogen-bond acceptors (Lipinski definition) is 4. The minimum atomic E-state index is -0.216. The van der Waals surface area contributed by atoms with Crippen LogP contribution in [-0.2, 0) is 5.41 Å². The van der Waals surface area contributed by atoms with E-state index in [-0.39, 0.29) is 11.5 Å². The highest BCUT2D eigenvalue weighted by atomic mass is 16.3. The predicted octanol–water partition coefficient (Wildman–Crippen LogP) is 13.0. The summed E-state index contributed by atoms with van der Waals surface area (Å²) in [6, 6.07) is 49.7. The lowest BCUT2D eigenvalue weighted by Crippen LogP contribution is -2.28. The monoisotopic (exact) mass is 707 g/mol. The van der Waals surface area contributed by atoms with Crippen molar-refractivity contribution >= 4 is 55.4 Å². The molecule has 2 aromatic heterocycles. The fourth-order valence-electron chi connectivity index (χ4n) is 9.07. The van der Waals surface area contributed by atoms with Gasteiger partial charge in [-0.2, -0.15) is 0 Å². The van der Waals surface area contributed by atoms with Gasteiger partial charge in [-0.05, 0) is 77.6 Å². The number of fused-ring (bicyclic) bond motifs is 7. The summed E-state index contributed by atoms with van der Waals surface area (Å²) in [6.07, 6.45) is 15.2. The van der Waals surface area contributed by atoms with Crippen LogP contribution < -0.4 is 4.90 Å². The normalized spacial score (nSPS) is 18.8. The zero-order valence-corrected chi connectivity index (χ0v) is 30.5. The maximum absolute atomic E-state index is 6.88. The largest absolute Gasteiger partial charge is 0.456 e. The molecule has 2 aliphatic carbocycles. The van der Waals surface area contributed by atoms with Crippen molar-refractivity contribution in [2.24, 2.45) is 0 Å². The number of para-hydroxylation sites is 3. The van der Waals surface area contributed by atoms with Gasteiger partial charge in [0, 0.05) is 49.6 Å². The molecule has 0 spiro atoms. The first kappa shape index (κ1) is 31.7. The lowest BCUT2D eigenvalue weighted by atomic mass is 9.76. The van der Waals surface area contributed by atoms with Crippen LogP contribution in [0.25, 0.3) is 66.5 Å². The molecule has 0 radical (unpaired) electrons.